The van der Waals surface area contributed by atoms with Gasteiger partial charge >= 0.3 is 12.1 Å². The van der Waals surface area contributed by atoms with E-state index in [1.807, 2.05) is 43.3 Å². The number of benzene rings is 4. The monoisotopic (exact) mass is 922 g/mol. The lowest BCUT2D eigenvalue weighted by Gasteiger charge is -2.44. The van der Waals surface area contributed by atoms with Gasteiger partial charge in [0.1, 0.15) is 17.7 Å². The van der Waals surface area contributed by atoms with Crippen LogP contribution >= 0.6 is 0 Å². The Balaban J connectivity index is 1.28. The van der Waals surface area contributed by atoms with Gasteiger partial charge in [0.15, 0.2) is 5.78 Å². The van der Waals surface area contributed by atoms with E-state index in [2.05, 4.69) is 45.0 Å². The van der Waals surface area contributed by atoms with Gasteiger partial charge in [-0.3, -0.25) is 9.69 Å². The van der Waals surface area contributed by atoms with Crippen molar-refractivity contribution in [2.24, 2.45) is 5.41 Å². The van der Waals surface area contributed by atoms with Gasteiger partial charge in [-0.2, -0.15) is 4.31 Å². The second-order valence-corrected chi connectivity index (χ2v) is 25.8. The molecule has 0 saturated carbocycles. The van der Waals surface area contributed by atoms with Crippen LogP contribution in [0.1, 0.15) is 83.1 Å². The molecule has 7 rings (SSSR count). The maximum Gasteiger partial charge on any atom is 0.411 e. The predicted molar refractivity (Wildman–Crippen MR) is 251 cm³/mol. The van der Waals surface area contributed by atoms with Crippen LogP contribution in [0.15, 0.2) is 131 Å². The van der Waals surface area contributed by atoms with E-state index in [0.717, 1.165) is 15.9 Å². The summed E-state index contributed by atoms with van der Waals surface area (Å²) < 4.78 is 49.3. The number of piperidine rings is 1. The van der Waals surface area contributed by atoms with Crippen LogP contribution in [0.2, 0.25) is 5.04 Å². The maximum atomic E-state index is 15.3. The Morgan fingerprint density at radius 2 is 1.42 bits per heavy atom. The number of likely N-dealkylation sites (tertiary alicyclic amines) is 1. The van der Waals surface area contributed by atoms with Gasteiger partial charge in [0, 0.05) is 24.1 Å². The van der Waals surface area contributed by atoms with Gasteiger partial charge in [-0.05, 0) is 98.6 Å². The van der Waals surface area contributed by atoms with E-state index in [9.17, 15) is 28.2 Å². The number of amides is 1. The Bertz CT molecular complexity index is 2450. The number of rotatable bonds is 14. The number of carbonyl (C=O) groups excluding carboxylic acids is 3. The summed E-state index contributed by atoms with van der Waals surface area (Å²) in [6.45, 7) is 13.4. The second kappa shape index (κ2) is 18.7. The molecule has 346 valence electrons. The summed E-state index contributed by atoms with van der Waals surface area (Å²) >= 11 is 0. The van der Waals surface area contributed by atoms with E-state index in [1.165, 1.54) is 9.21 Å². The molecule has 1 spiro atoms. The van der Waals surface area contributed by atoms with Crippen molar-refractivity contribution in [3.8, 4) is 0 Å². The Morgan fingerprint density at radius 1 is 0.846 bits per heavy atom. The molecule has 12 nitrogen and oxygen atoms in total. The lowest BCUT2D eigenvalue weighted by molar-refractivity contribution is -0.122. The minimum absolute atomic E-state index is 0.00173. The first-order chi connectivity index (χ1) is 30.7. The first-order valence-corrected chi connectivity index (χ1v) is 25.8. The summed E-state index contributed by atoms with van der Waals surface area (Å²) in [5.74, 6) is -1.09. The third-order valence-corrected chi connectivity index (χ3v) is 19.9. The summed E-state index contributed by atoms with van der Waals surface area (Å²) in [4.78, 5) is 44.2. The van der Waals surface area contributed by atoms with Gasteiger partial charge < -0.3 is 24.1 Å². The zero-order valence-corrected chi connectivity index (χ0v) is 40.2. The van der Waals surface area contributed by atoms with Crippen LogP contribution in [-0.4, -0.2) is 110 Å². The number of hydrogen-bond acceptors (Lipinski definition) is 10. The summed E-state index contributed by atoms with van der Waals surface area (Å²) in [7, 11) is -7.29. The van der Waals surface area contributed by atoms with E-state index < -0.39 is 76.5 Å². The Kier molecular flexibility index (Phi) is 13.8. The minimum atomic E-state index is -4.10. The van der Waals surface area contributed by atoms with Gasteiger partial charge in [-0.1, -0.05) is 117 Å². The SMILES string of the molecule is Cc1ccc(S(=O)(=O)N2CCC3=C(C(O)C(O)CCCOC(=O)c4ccccc4)C(=O)[C@H]4N(C(=O)OC(C)(C)C)[C@H](CO[Si](c5ccccc5)(c5ccccc5)C(C)(C)C)C[C@@]34C2)cc1. The van der Waals surface area contributed by atoms with Crippen molar-refractivity contribution in [1.82, 2.24) is 9.21 Å². The van der Waals surface area contributed by atoms with E-state index in [1.54, 1.807) is 75.4 Å². The Morgan fingerprint density at radius 3 is 1.97 bits per heavy atom. The highest BCUT2D eigenvalue weighted by Gasteiger charge is 2.67. The molecule has 0 radical (unpaired) electrons. The molecule has 5 atom stereocenters. The van der Waals surface area contributed by atoms with Crippen LogP contribution in [0.3, 0.4) is 0 Å². The molecule has 1 aliphatic carbocycles. The van der Waals surface area contributed by atoms with Crippen LogP contribution in [0.25, 0.3) is 0 Å². The molecule has 2 heterocycles. The van der Waals surface area contributed by atoms with Crippen molar-refractivity contribution >= 4 is 46.6 Å². The molecule has 14 heteroatoms. The van der Waals surface area contributed by atoms with Crippen molar-refractivity contribution in [3.05, 3.63) is 138 Å². The van der Waals surface area contributed by atoms with E-state index in [4.69, 9.17) is 13.9 Å². The van der Waals surface area contributed by atoms with E-state index in [0.29, 0.717) is 11.1 Å². The number of carbonyl (C=O) groups is 3. The first-order valence-electron chi connectivity index (χ1n) is 22.4. The van der Waals surface area contributed by atoms with Crippen LogP contribution in [-0.2, 0) is 28.7 Å². The zero-order valence-electron chi connectivity index (χ0n) is 38.4. The molecule has 2 unspecified atom stereocenters. The average Bonchev–Trinajstić information content (AvgIpc) is 3.72. The number of ether oxygens (including phenoxy) is 2. The topological polar surface area (TPSA) is 160 Å². The highest BCUT2D eigenvalue weighted by atomic mass is 32.2. The summed E-state index contributed by atoms with van der Waals surface area (Å²) in [6, 6.07) is 33.2. The molecule has 4 aromatic rings. The molecule has 2 fully saturated rings. The van der Waals surface area contributed by atoms with Gasteiger partial charge in [0.25, 0.3) is 8.32 Å². The number of Topliss-reactive ketones (excluding diaryl/α,β-unsaturated/α-hetero) is 1. The number of aliphatic hydroxyl groups is 2. The summed E-state index contributed by atoms with van der Waals surface area (Å²) in [5, 5.41) is 25.2. The fraction of sp³-hybridized carbons (Fsp3) is 0.431. The average molecular weight is 923 g/mol. The third-order valence-electron chi connectivity index (χ3n) is 13.0. The molecule has 2 N–H and O–H groups in total. The predicted octanol–water partition coefficient (Wildman–Crippen LogP) is 6.57. The molecule has 2 saturated heterocycles. The van der Waals surface area contributed by atoms with Crippen molar-refractivity contribution in [2.45, 2.75) is 114 Å². The number of aliphatic hydroxyl groups excluding tert-OH is 2. The first kappa shape index (κ1) is 48.0. The number of nitrogens with zero attached hydrogens (tertiary/aromatic N) is 2. The van der Waals surface area contributed by atoms with Gasteiger partial charge in [-0.25, -0.2) is 18.0 Å². The fourth-order valence-electron chi connectivity index (χ4n) is 10.1. The number of esters is 1. The van der Waals surface area contributed by atoms with Gasteiger partial charge in [0.05, 0.1) is 35.8 Å². The van der Waals surface area contributed by atoms with Crippen LogP contribution in [0.5, 0.6) is 0 Å². The molecule has 65 heavy (non-hydrogen) atoms. The minimum Gasteiger partial charge on any atom is -0.462 e. The molecule has 2 aliphatic heterocycles. The second-order valence-electron chi connectivity index (χ2n) is 19.6. The van der Waals surface area contributed by atoms with Crippen LogP contribution < -0.4 is 10.4 Å². The lowest BCUT2D eigenvalue weighted by atomic mass is 9.73. The molecule has 3 aliphatic rings. The molecule has 0 aromatic heterocycles. The van der Waals surface area contributed by atoms with Crippen molar-refractivity contribution in [2.75, 3.05) is 26.3 Å². The summed E-state index contributed by atoms with van der Waals surface area (Å²) in [5.41, 5.74) is -0.488. The van der Waals surface area contributed by atoms with Gasteiger partial charge in [-0.15, -0.1) is 0 Å². The van der Waals surface area contributed by atoms with Crippen LogP contribution in [0, 0.1) is 12.3 Å². The highest BCUT2D eigenvalue weighted by molar-refractivity contribution is 7.89. The van der Waals surface area contributed by atoms with Crippen molar-refractivity contribution in [3.63, 3.8) is 0 Å². The lowest BCUT2D eigenvalue weighted by Crippen LogP contribution is -2.67. The van der Waals surface area contributed by atoms with Crippen molar-refractivity contribution < 1.29 is 46.9 Å². The normalized spacial score (nSPS) is 21.4. The number of hydrogen-bond donors (Lipinski definition) is 2. The molecule has 0 bridgehead atoms. The molecular weight excluding hydrogens is 861 g/mol. The standard InChI is InChI=1S/C51H62N2O10SSi/c1-35-25-27-38(28-26-35)64(59,60)52-30-29-41-43(44(55)42(54)24-17-31-61-47(57)36-18-11-8-12-19-36)45(56)46-51(41,34-52)32-37(53(46)48(58)63-49(2,3)4)33-62-65(50(5,6)7,39-20-13-9-14-21-39)40-22-15-10-16-23-40/h8-16,18-23,25-28,37,42,44,46,54-55H,17,24,29-34H2,1-7H3/t37-,42?,44?,46+,51+/m0/s1. The molecule has 4 aromatic carbocycles. The highest BCUT2D eigenvalue weighted by Crippen LogP contribution is 2.58. The van der Waals surface area contributed by atoms with E-state index >= 15 is 4.79 Å². The third kappa shape index (κ3) is 9.39. The zero-order chi connectivity index (χ0) is 47.0. The number of ketones is 1. The van der Waals surface area contributed by atoms with Crippen LogP contribution in [0.4, 0.5) is 4.79 Å². The van der Waals surface area contributed by atoms with E-state index in [-0.39, 0.29) is 62.5 Å². The Hall–Kier alpha value is -4.96. The summed E-state index contributed by atoms with van der Waals surface area (Å²) in [6.07, 6.45) is -3.49. The smallest absolute Gasteiger partial charge is 0.411 e. The molecular formula is C51H62N2O10SSi. The number of sulfonamides is 1. The maximum absolute atomic E-state index is 15.3. The van der Waals surface area contributed by atoms with Gasteiger partial charge in [0.2, 0.25) is 10.0 Å². The number of aryl methyl sites for hydroxylation is 1. The largest absolute Gasteiger partial charge is 0.462 e. The Labute approximate surface area is 384 Å². The quantitative estimate of drug-likeness (QED) is 0.0805. The van der Waals surface area contributed by atoms with Crippen molar-refractivity contribution in [1.29, 1.82) is 0 Å². The fourth-order valence-corrected chi connectivity index (χ4v) is 16.3. The molecule has 1 amide bonds.